The average Bonchev–Trinajstić information content (AvgIpc) is 2.78. The van der Waals surface area contributed by atoms with Crippen LogP contribution in [-0.2, 0) is 19.1 Å². The highest BCUT2D eigenvalue weighted by molar-refractivity contribution is 5.98. The van der Waals surface area contributed by atoms with E-state index in [2.05, 4.69) is 5.32 Å². The second-order valence-electron chi connectivity index (χ2n) is 8.19. The normalized spacial score (nSPS) is 22.3. The minimum atomic E-state index is -0.272. The van der Waals surface area contributed by atoms with Gasteiger partial charge in [0.15, 0.2) is 0 Å². The van der Waals surface area contributed by atoms with Crippen molar-refractivity contribution in [3.8, 4) is 5.75 Å². The highest BCUT2D eigenvalue weighted by Gasteiger charge is 2.30. The number of ether oxygens (including phenoxy) is 3. The summed E-state index contributed by atoms with van der Waals surface area (Å²) in [6, 6.07) is 4.70. The summed E-state index contributed by atoms with van der Waals surface area (Å²) in [6.07, 6.45) is 0.0741. The molecule has 0 unspecified atom stereocenters. The van der Waals surface area contributed by atoms with Gasteiger partial charge in [0.1, 0.15) is 19.0 Å². The number of hydrogen-bond acceptors (Lipinski definition) is 6. The summed E-state index contributed by atoms with van der Waals surface area (Å²) < 4.78 is 16.8. The standard InChI is InChI=1S/C23H35N3O6/c1-7-21(27)24-17-8-9-18-19(10-17)32-13-16(3)26(22(28)14-30-5)11-15(2)20(31-6)12-25(4)23(18)29/h8-10,15-16,20H,7,11-14H2,1-6H3,(H,24,27)/t15-,16+,20-/m1/s1. The van der Waals surface area contributed by atoms with Gasteiger partial charge in [-0.05, 0) is 19.1 Å². The van der Waals surface area contributed by atoms with Gasteiger partial charge in [0, 0.05) is 58.4 Å². The Bertz CT molecular complexity index is 815. The first kappa shape index (κ1) is 25.6. The van der Waals surface area contributed by atoms with Crippen LogP contribution >= 0.6 is 0 Å². The minimum Gasteiger partial charge on any atom is -0.491 e. The molecule has 1 N–H and O–H groups in total. The zero-order chi connectivity index (χ0) is 23.8. The number of benzene rings is 1. The van der Waals surface area contributed by atoms with E-state index in [0.717, 1.165) is 0 Å². The van der Waals surface area contributed by atoms with E-state index in [0.29, 0.717) is 36.5 Å². The summed E-state index contributed by atoms with van der Waals surface area (Å²) >= 11 is 0. The topological polar surface area (TPSA) is 97.4 Å². The molecule has 1 aliphatic rings. The zero-order valence-electron chi connectivity index (χ0n) is 19.8. The molecule has 1 aromatic carbocycles. The lowest BCUT2D eigenvalue weighted by atomic mass is 10.0. The molecule has 2 rings (SSSR count). The third kappa shape index (κ3) is 6.43. The van der Waals surface area contributed by atoms with Crippen LogP contribution in [0.1, 0.15) is 37.6 Å². The van der Waals surface area contributed by atoms with Crippen molar-refractivity contribution in [2.75, 3.05) is 52.9 Å². The molecule has 1 heterocycles. The van der Waals surface area contributed by atoms with Crippen LogP contribution in [0.5, 0.6) is 5.75 Å². The summed E-state index contributed by atoms with van der Waals surface area (Å²) in [5.74, 6) is -0.157. The van der Waals surface area contributed by atoms with Gasteiger partial charge in [-0.3, -0.25) is 14.4 Å². The van der Waals surface area contributed by atoms with Gasteiger partial charge in [-0.1, -0.05) is 13.8 Å². The van der Waals surface area contributed by atoms with Gasteiger partial charge in [0.25, 0.3) is 5.91 Å². The van der Waals surface area contributed by atoms with E-state index < -0.39 is 0 Å². The molecular weight excluding hydrogens is 414 g/mol. The number of carbonyl (C=O) groups is 3. The number of hydrogen-bond donors (Lipinski definition) is 1. The van der Waals surface area contributed by atoms with Crippen molar-refractivity contribution >= 4 is 23.4 Å². The van der Waals surface area contributed by atoms with Crippen LogP contribution in [0.4, 0.5) is 5.69 Å². The summed E-state index contributed by atoms with van der Waals surface area (Å²) in [6.45, 7) is 6.59. The quantitative estimate of drug-likeness (QED) is 0.739. The Morgan fingerprint density at radius 1 is 1.22 bits per heavy atom. The van der Waals surface area contributed by atoms with Gasteiger partial charge >= 0.3 is 0 Å². The largest absolute Gasteiger partial charge is 0.491 e. The van der Waals surface area contributed by atoms with Gasteiger partial charge in [0.2, 0.25) is 11.8 Å². The van der Waals surface area contributed by atoms with Crippen molar-refractivity contribution in [3.05, 3.63) is 23.8 Å². The Morgan fingerprint density at radius 3 is 2.56 bits per heavy atom. The summed E-state index contributed by atoms with van der Waals surface area (Å²) in [5, 5.41) is 2.79. The zero-order valence-corrected chi connectivity index (χ0v) is 19.8. The molecular formula is C23H35N3O6. The summed E-state index contributed by atoms with van der Waals surface area (Å²) in [4.78, 5) is 41.0. The second kappa shape index (κ2) is 11.8. The molecule has 3 atom stereocenters. The molecule has 0 saturated heterocycles. The Hall–Kier alpha value is -2.65. The molecule has 9 heteroatoms. The molecule has 178 valence electrons. The minimum absolute atomic E-state index is 0.0240. The highest BCUT2D eigenvalue weighted by atomic mass is 16.5. The number of nitrogens with one attached hydrogen (secondary N) is 1. The molecule has 0 radical (unpaired) electrons. The van der Waals surface area contributed by atoms with Crippen LogP contribution in [-0.4, -0.2) is 87.2 Å². The molecule has 9 nitrogen and oxygen atoms in total. The number of nitrogens with zero attached hydrogens (tertiary/aromatic N) is 2. The van der Waals surface area contributed by atoms with E-state index >= 15 is 0 Å². The van der Waals surface area contributed by atoms with E-state index in [1.54, 1.807) is 49.1 Å². The van der Waals surface area contributed by atoms with E-state index in [9.17, 15) is 14.4 Å². The number of methoxy groups -OCH3 is 2. The van der Waals surface area contributed by atoms with Gasteiger partial charge in [0.05, 0.1) is 17.7 Å². The van der Waals surface area contributed by atoms with Gasteiger partial charge in [-0.15, -0.1) is 0 Å². The maximum absolute atomic E-state index is 13.2. The first-order chi connectivity index (χ1) is 15.2. The fraction of sp³-hybridized carbons (Fsp3) is 0.609. The van der Waals surface area contributed by atoms with Crippen molar-refractivity contribution in [3.63, 3.8) is 0 Å². The number of amides is 3. The van der Waals surface area contributed by atoms with Crippen LogP contribution in [0.15, 0.2) is 18.2 Å². The molecule has 0 bridgehead atoms. The molecule has 0 spiro atoms. The summed E-state index contributed by atoms with van der Waals surface area (Å²) in [7, 11) is 4.80. The maximum Gasteiger partial charge on any atom is 0.257 e. The van der Waals surface area contributed by atoms with E-state index in [-0.39, 0.29) is 49.0 Å². The summed E-state index contributed by atoms with van der Waals surface area (Å²) in [5.41, 5.74) is 0.925. The molecule has 0 fully saturated rings. The SMILES string of the molecule is CCC(=O)Nc1ccc2c(c1)OC[C@H](C)N(C(=O)COC)C[C@@H](C)[C@H](OC)CN(C)C2=O. The molecule has 0 aliphatic carbocycles. The van der Waals surface area contributed by atoms with Gasteiger partial charge < -0.3 is 29.3 Å². The fourth-order valence-electron chi connectivity index (χ4n) is 3.65. The molecule has 1 aromatic rings. The molecule has 0 saturated carbocycles. The van der Waals surface area contributed by atoms with Crippen LogP contribution in [0.2, 0.25) is 0 Å². The predicted octanol–water partition coefficient (Wildman–Crippen LogP) is 2.01. The number of carbonyl (C=O) groups excluding carboxylic acids is 3. The predicted molar refractivity (Wildman–Crippen MR) is 121 cm³/mol. The molecule has 32 heavy (non-hydrogen) atoms. The first-order valence-corrected chi connectivity index (χ1v) is 10.8. The Labute approximate surface area is 190 Å². The van der Waals surface area contributed by atoms with E-state index in [1.807, 2.05) is 13.8 Å². The first-order valence-electron chi connectivity index (χ1n) is 10.8. The van der Waals surface area contributed by atoms with Gasteiger partial charge in [-0.25, -0.2) is 0 Å². The lowest BCUT2D eigenvalue weighted by molar-refractivity contribution is -0.139. The van der Waals surface area contributed by atoms with Crippen LogP contribution in [0.25, 0.3) is 0 Å². The smallest absolute Gasteiger partial charge is 0.257 e. The number of rotatable bonds is 5. The third-order valence-electron chi connectivity index (χ3n) is 5.64. The Morgan fingerprint density at radius 2 is 1.94 bits per heavy atom. The van der Waals surface area contributed by atoms with Crippen molar-refractivity contribution in [2.24, 2.45) is 5.92 Å². The lowest BCUT2D eigenvalue weighted by Crippen LogP contribution is -2.49. The highest BCUT2D eigenvalue weighted by Crippen LogP contribution is 2.27. The lowest BCUT2D eigenvalue weighted by Gasteiger charge is -2.36. The molecule has 3 amide bonds. The molecule has 0 aromatic heterocycles. The Kier molecular flexibility index (Phi) is 9.46. The van der Waals surface area contributed by atoms with Crippen molar-refractivity contribution < 1.29 is 28.6 Å². The monoisotopic (exact) mass is 449 g/mol. The van der Waals surface area contributed by atoms with E-state index in [4.69, 9.17) is 14.2 Å². The van der Waals surface area contributed by atoms with Crippen LogP contribution in [0, 0.1) is 5.92 Å². The number of fused-ring (bicyclic) bond motifs is 1. The molecule has 1 aliphatic heterocycles. The van der Waals surface area contributed by atoms with Crippen molar-refractivity contribution in [1.82, 2.24) is 9.80 Å². The third-order valence-corrected chi connectivity index (χ3v) is 5.64. The van der Waals surface area contributed by atoms with Crippen LogP contribution in [0.3, 0.4) is 0 Å². The van der Waals surface area contributed by atoms with Crippen LogP contribution < -0.4 is 10.1 Å². The number of anilines is 1. The number of likely N-dealkylation sites (N-methyl/N-ethyl adjacent to an activating group) is 1. The fourth-order valence-corrected chi connectivity index (χ4v) is 3.65. The van der Waals surface area contributed by atoms with E-state index in [1.165, 1.54) is 7.11 Å². The van der Waals surface area contributed by atoms with Crippen molar-refractivity contribution in [1.29, 1.82) is 0 Å². The Balaban J connectivity index is 2.44. The maximum atomic E-state index is 13.2. The second-order valence-corrected chi connectivity index (χ2v) is 8.19. The van der Waals surface area contributed by atoms with Gasteiger partial charge in [-0.2, -0.15) is 0 Å². The average molecular weight is 450 g/mol. The van der Waals surface area contributed by atoms with Crippen molar-refractivity contribution in [2.45, 2.75) is 39.3 Å².